The van der Waals surface area contributed by atoms with Crippen LogP contribution in [-0.2, 0) is 13.6 Å². The second-order valence-electron chi connectivity index (χ2n) is 5.03. The second kappa shape index (κ2) is 5.23. The normalized spacial score (nSPS) is 12.1. The SMILES string of the molecule is CCSc1c(CNC(C)(C)C)c(C)nn1C. The number of nitrogens with zero attached hydrogens (tertiary/aromatic N) is 2. The first kappa shape index (κ1) is 13.6. The molecule has 1 aromatic heterocycles. The van der Waals surface area contributed by atoms with Crippen molar-refractivity contribution in [1.29, 1.82) is 0 Å². The van der Waals surface area contributed by atoms with E-state index in [1.165, 1.54) is 10.6 Å². The van der Waals surface area contributed by atoms with Crippen molar-refractivity contribution >= 4 is 11.8 Å². The van der Waals surface area contributed by atoms with Crippen LogP contribution in [0.4, 0.5) is 0 Å². The summed E-state index contributed by atoms with van der Waals surface area (Å²) in [7, 11) is 2.02. The van der Waals surface area contributed by atoms with Crippen LogP contribution in [0.2, 0.25) is 0 Å². The van der Waals surface area contributed by atoms with Crippen molar-refractivity contribution in [3.05, 3.63) is 11.3 Å². The summed E-state index contributed by atoms with van der Waals surface area (Å²) in [6.45, 7) is 11.7. The van der Waals surface area contributed by atoms with Crippen LogP contribution in [0.15, 0.2) is 5.03 Å². The average molecular weight is 241 g/mol. The van der Waals surface area contributed by atoms with Gasteiger partial charge in [0, 0.05) is 24.7 Å². The van der Waals surface area contributed by atoms with Crippen LogP contribution in [-0.4, -0.2) is 21.1 Å². The molecule has 1 N–H and O–H groups in total. The lowest BCUT2D eigenvalue weighted by atomic mass is 10.1. The summed E-state index contributed by atoms with van der Waals surface area (Å²) in [4.78, 5) is 0. The highest BCUT2D eigenvalue weighted by atomic mass is 32.2. The Bertz CT molecular complexity index is 350. The van der Waals surface area contributed by atoms with Gasteiger partial charge in [0.05, 0.1) is 10.7 Å². The Labute approximate surface area is 103 Å². The van der Waals surface area contributed by atoms with Gasteiger partial charge in [0.2, 0.25) is 0 Å². The molecule has 0 radical (unpaired) electrons. The number of aryl methyl sites for hydroxylation is 2. The zero-order valence-electron chi connectivity index (χ0n) is 11.2. The van der Waals surface area contributed by atoms with E-state index in [2.05, 4.69) is 45.0 Å². The Balaban J connectivity index is 2.85. The van der Waals surface area contributed by atoms with Gasteiger partial charge in [-0.1, -0.05) is 6.92 Å². The molecule has 0 atom stereocenters. The third-order valence-corrected chi connectivity index (χ3v) is 3.44. The maximum absolute atomic E-state index is 4.49. The lowest BCUT2D eigenvalue weighted by Gasteiger charge is -2.20. The van der Waals surface area contributed by atoms with Crippen LogP contribution in [0, 0.1) is 6.92 Å². The molecule has 0 amide bonds. The van der Waals surface area contributed by atoms with E-state index >= 15 is 0 Å². The minimum atomic E-state index is 0.149. The van der Waals surface area contributed by atoms with Crippen LogP contribution in [0.3, 0.4) is 0 Å². The van der Waals surface area contributed by atoms with E-state index in [-0.39, 0.29) is 5.54 Å². The molecule has 0 bridgehead atoms. The van der Waals surface area contributed by atoms with E-state index in [0.717, 1.165) is 18.0 Å². The van der Waals surface area contributed by atoms with Gasteiger partial charge in [-0.15, -0.1) is 11.8 Å². The molecule has 0 saturated carbocycles. The molecule has 1 heterocycles. The monoisotopic (exact) mass is 241 g/mol. The molecular formula is C12H23N3S. The van der Waals surface area contributed by atoms with Crippen LogP contribution in [0.1, 0.15) is 39.0 Å². The fourth-order valence-electron chi connectivity index (χ4n) is 1.56. The van der Waals surface area contributed by atoms with Gasteiger partial charge in [-0.3, -0.25) is 4.68 Å². The van der Waals surface area contributed by atoms with Crippen LogP contribution in [0.25, 0.3) is 0 Å². The van der Waals surface area contributed by atoms with Crippen LogP contribution in [0.5, 0.6) is 0 Å². The first-order valence-corrected chi connectivity index (χ1v) is 6.74. The number of hydrogen-bond acceptors (Lipinski definition) is 3. The molecule has 16 heavy (non-hydrogen) atoms. The Morgan fingerprint density at radius 1 is 1.38 bits per heavy atom. The van der Waals surface area contributed by atoms with Gasteiger partial charge in [-0.05, 0) is 33.4 Å². The highest BCUT2D eigenvalue weighted by Crippen LogP contribution is 2.24. The van der Waals surface area contributed by atoms with E-state index in [1.807, 2.05) is 23.5 Å². The fourth-order valence-corrected chi connectivity index (χ4v) is 2.45. The minimum absolute atomic E-state index is 0.149. The van der Waals surface area contributed by atoms with Crippen molar-refractivity contribution < 1.29 is 0 Å². The molecule has 3 nitrogen and oxygen atoms in total. The highest BCUT2D eigenvalue weighted by molar-refractivity contribution is 7.99. The Morgan fingerprint density at radius 2 is 2.00 bits per heavy atom. The molecule has 0 aliphatic carbocycles. The molecule has 0 spiro atoms. The molecule has 0 saturated heterocycles. The third kappa shape index (κ3) is 3.52. The van der Waals surface area contributed by atoms with Crippen molar-refractivity contribution in [2.24, 2.45) is 7.05 Å². The second-order valence-corrected chi connectivity index (χ2v) is 6.28. The van der Waals surface area contributed by atoms with Crippen molar-refractivity contribution in [3.8, 4) is 0 Å². The van der Waals surface area contributed by atoms with E-state index < -0.39 is 0 Å². The van der Waals surface area contributed by atoms with E-state index in [0.29, 0.717) is 0 Å². The van der Waals surface area contributed by atoms with Gasteiger partial charge >= 0.3 is 0 Å². The summed E-state index contributed by atoms with van der Waals surface area (Å²) in [5, 5.41) is 9.30. The zero-order valence-corrected chi connectivity index (χ0v) is 12.0. The molecule has 0 fully saturated rings. The van der Waals surface area contributed by atoms with Crippen LogP contribution >= 0.6 is 11.8 Å². The van der Waals surface area contributed by atoms with Crippen molar-refractivity contribution in [1.82, 2.24) is 15.1 Å². The quantitative estimate of drug-likeness (QED) is 0.822. The molecular weight excluding hydrogens is 218 g/mol. The first-order valence-electron chi connectivity index (χ1n) is 5.75. The Kier molecular flexibility index (Phi) is 4.44. The van der Waals surface area contributed by atoms with Gasteiger partial charge in [-0.2, -0.15) is 5.10 Å². The molecule has 92 valence electrons. The lowest BCUT2D eigenvalue weighted by Crippen LogP contribution is -2.35. The molecule has 1 aromatic rings. The summed E-state index contributed by atoms with van der Waals surface area (Å²) in [6, 6.07) is 0. The third-order valence-electron chi connectivity index (χ3n) is 2.37. The number of aromatic nitrogens is 2. The average Bonchev–Trinajstić information content (AvgIpc) is 2.39. The van der Waals surface area contributed by atoms with Crippen LogP contribution < -0.4 is 5.32 Å². The number of nitrogens with one attached hydrogen (secondary N) is 1. The fraction of sp³-hybridized carbons (Fsp3) is 0.750. The van der Waals surface area contributed by atoms with Gasteiger partial charge < -0.3 is 5.32 Å². The maximum Gasteiger partial charge on any atom is 0.0984 e. The lowest BCUT2D eigenvalue weighted by molar-refractivity contribution is 0.421. The van der Waals surface area contributed by atoms with Crippen molar-refractivity contribution in [2.75, 3.05) is 5.75 Å². The summed E-state index contributed by atoms with van der Waals surface area (Å²) in [5.41, 5.74) is 2.62. The smallest absolute Gasteiger partial charge is 0.0984 e. The Hall–Kier alpha value is -0.480. The number of thioether (sulfide) groups is 1. The van der Waals surface area contributed by atoms with Crippen molar-refractivity contribution in [2.45, 2.75) is 51.7 Å². The summed E-state index contributed by atoms with van der Waals surface area (Å²) >= 11 is 1.86. The van der Waals surface area contributed by atoms with E-state index in [1.54, 1.807) is 0 Å². The molecule has 4 heteroatoms. The predicted octanol–water partition coefficient (Wildman–Crippen LogP) is 2.73. The van der Waals surface area contributed by atoms with Gasteiger partial charge in [0.25, 0.3) is 0 Å². The molecule has 0 aromatic carbocycles. The molecule has 0 aliphatic rings. The van der Waals surface area contributed by atoms with E-state index in [4.69, 9.17) is 0 Å². The maximum atomic E-state index is 4.49. The molecule has 0 aliphatic heterocycles. The molecule has 1 rings (SSSR count). The number of rotatable bonds is 4. The molecule has 0 unspecified atom stereocenters. The summed E-state index contributed by atoms with van der Waals surface area (Å²) in [6.07, 6.45) is 0. The highest BCUT2D eigenvalue weighted by Gasteiger charge is 2.16. The largest absolute Gasteiger partial charge is 0.308 e. The summed E-state index contributed by atoms with van der Waals surface area (Å²) < 4.78 is 1.99. The summed E-state index contributed by atoms with van der Waals surface area (Å²) in [5.74, 6) is 1.08. The zero-order chi connectivity index (χ0) is 12.3. The van der Waals surface area contributed by atoms with Crippen molar-refractivity contribution in [3.63, 3.8) is 0 Å². The number of hydrogen-bond donors (Lipinski definition) is 1. The minimum Gasteiger partial charge on any atom is -0.308 e. The van der Waals surface area contributed by atoms with Gasteiger partial charge in [-0.25, -0.2) is 0 Å². The van der Waals surface area contributed by atoms with E-state index in [9.17, 15) is 0 Å². The topological polar surface area (TPSA) is 29.9 Å². The van der Waals surface area contributed by atoms with Gasteiger partial charge in [0.1, 0.15) is 0 Å². The Morgan fingerprint density at radius 3 is 2.50 bits per heavy atom. The standard InChI is InChI=1S/C12H23N3S/c1-7-16-11-10(8-13-12(3,4)5)9(2)14-15(11)6/h13H,7-8H2,1-6H3. The predicted molar refractivity (Wildman–Crippen MR) is 70.9 cm³/mol. The van der Waals surface area contributed by atoms with Gasteiger partial charge in [0.15, 0.2) is 0 Å². The first-order chi connectivity index (χ1) is 7.35.